The third kappa shape index (κ3) is 4.15. The topological polar surface area (TPSA) is 37.4 Å². The first kappa shape index (κ1) is 16.2. The summed E-state index contributed by atoms with van der Waals surface area (Å²) < 4.78 is 26.4. The predicted octanol–water partition coefficient (Wildman–Crippen LogP) is 3.44. The molecule has 0 saturated carbocycles. The molecule has 2 aromatic carbocycles. The van der Waals surface area contributed by atoms with Gasteiger partial charge >= 0.3 is 0 Å². The second-order valence-corrected chi connectivity index (χ2v) is 7.67. The Hall–Kier alpha value is -1.17. The molecule has 5 heteroatoms. The highest BCUT2D eigenvalue weighted by molar-refractivity contribution is 9.09. The fraction of sp³-hybridized carbons (Fsp3) is 0.250. The molecule has 3 nitrogen and oxygen atoms in total. The summed E-state index contributed by atoms with van der Waals surface area (Å²) in [6.45, 7) is 0.367. The molecule has 0 amide bonds. The molecule has 0 unspecified atom stereocenters. The van der Waals surface area contributed by atoms with Crippen LogP contribution < -0.4 is 0 Å². The zero-order chi connectivity index (χ0) is 15.3. The molecule has 112 valence electrons. The van der Waals surface area contributed by atoms with Gasteiger partial charge in [-0.25, -0.2) is 8.42 Å². The predicted molar refractivity (Wildman–Crippen MR) is 89.0 cm³/mol. The minimum atomic E-state index is -3.45. The maximum absolute atomic E-state index is 12.5. The van der Waals surface area contributed by atoms with E-state index in [0.717, 1.165) is 22.9 Å². The lowest BCUT2D eigenvalue weighted by Gasteiger charge is -2.17. The summed E-state index contributed by atoms with van der Waals surface area (Å²) >= 11 is 3.38. The molecular weight excluding hydrogens is 350 g/mol. The normalized spacial score (nSPS) is 11.8. The van der Waals surface area contributed by atoms with Gasteiger partial charge in [0.1, 0.15) is 0 Å². The van der Waals surface area contributed by atoms with Gasteiger partial charge in [-0.3, -0.25) is 0 Å². The van der Waals surface area contributed by atoms with Gasteiger partial charge < -0.3 is 0 Å². The second-order valence-electron chi connectivity index (χ2n) is 4.83. The van der Waals surface area contributed by atoms with E-state index in [2.05, 4.69) is 15.9 Å². The fourth-order valence-corrected chi connectivity index (χ4v) is 3.66. The maximum atomic E-state index is 12.5. The SMILES string of the molecule is CN(Cc1ccccc1)S(=O)(=O)c1ccc(CCBr)cc1. The molecule has 0 bridgehead atoms. The number of hydrogen-bond acceptors (Lipinski definition) is 2. The van der Waals surface area contributed by atoms with E-state index in [0.29, 0.717) is 11.4 Å². The number of aryl methyl sites for hydroxylation is 1. The summed E-state index contributed by atoms with van der Waals surface area (Å²) in [4.78, 5) is 0.333. The van der Waals surface area contributed by atoms with E-state index in [1.54, 1.807) is 19.2 Å². The largest absolute Gasteiger partial charge is 0.243 e. The Morgan fingerprint density at radius 2 is 1.57 bits per heavy atom. The minimum Gasteiger partial charge on any atom is -0.207 e. The summed E-state index contributed by atoms with van der Waals surface area (Å²) in [5.74, 6) is 0. The molecule has 0 aliphatic heterocycles. The van der Waals surface area contributed by atoms with Crippen molar-refractivity contribution in [2.24, 2.45) is 0 Å². The number of sulfonamides is 1. The van der Waals surface area contributed by atoms with Gasteiger partial charge in [-0.15, -0.1) is 0 Å². The Morgan fingerprint density at radius 1 is 0.952 bits per heavy atom. The molecule has 0 radical (unpaired) electrons. The Balaban J connectivity index is 2.16. The van der Waals surface area contributed by atoms with Crippen LogP contribution in [0.2, 0.25) is 0 Å². The van der Waals surface area contributed by atoms with Crippen molar-refractivity contribution in [1.82, 2.24) is 4.31 Å². The van der Waals surface area contributed by atoms with Crippen LogP contribution >= 0.6 is 15.9 Å². The van der Waals surface area contributed by atoms with E-state index < -0.39 is 10.0 Å². The first-order valence-corrected chi connectivity index (χ1v) is 9.25. The first-order valence-electron chi connectivity index (χ1n) is 6.69. The van der Waals surface area contributed by atoms with Gasteiger partial charge in [-0.2, -0.15) is 4.31 Å². The van der Waals surface area contributed by atoms with Crippen molar-refractivity contribution < 1.29 is 8.42 Å². The molecule has 0 fully saturated rings. The second kappa shape index (κ2) is 7.20. The monoisotopic (exact) mass is 367 g/mol. The van der Waals surface area contributed by atoms with Crippen molar-refractivity contribution in [1.29, 1.82) is 0 Å². The van der Waals surface area contributed by atoms with E-state index in [-0.39, 0.29) is 0 Å². The molecule has 0 atom stereocenters. The van der Waals surface area contributed by atoms with Crippen LogP contribution in [-0.2, 0) is 23.0 Å². The van der Waals surface area contributed by atoms with Crippen LogP contribution in [0.25, 0.3) is 0 Å². The molecule has 21 heavy (non-hydrogen) atoms. The molecule has 0 spiro atoms. The van der Waals surface area contributed by atoms with Crippen LogP contribution in [-0.4, -0.2) is 25.1 Å². The smallest absolute Gasteiger partial charge is 0.207 e. The maximum Gasteiger partial charge on any atom is 0.243 e. The van der Waals surface area contributed by atoms with Gasteiger partial charge in [-0.1, -0.05) is 58.4 Å². The van der Waals surface area contributed by atoms with Gasteiger partial charge in [-0.05, 0) is 29.7 Å². The number of nitrogens with zero attached hydrogens (tertiary/aromatic N) is 1. The van der Waals surface area contributed by atoms with E-state index in [1.165, 1.54) is 4.31 Å². The van der Waals surface area contributed by atoms with Crippen LogP contribution in [0, 0.1) is 0 Å². The van der Waals surface area contributed by atoms with Crippen molar-refractivity contribution in [3.63, 3.8) is 0 Å². The average molecular weight is 368 g/mol. The number of hydrogen-bond donors (Lipinski definition) is 0. The Labute approximate surface area is 134 Å². The van der Waals surface area contributed by atoms with Crippen molar-refractivity contribution in [2.45, 2.75) is 17.9 Å². The highest BCUT2D eigenvalue weighted by Gasteiger charge is 2.20. The minimum absolute atomic E-state index is 0.333. The average Bonchev–Trinajstić information content (AvgIpc) is 2.49. The summed E-state index contributed by atoms with van der Waals surface area (Å²) in [5, 5.41) is 0.868. The molecule has 0 N–H and O–H groups in total. The highest BCUT2D eigenvalue weighted by Crippen LogP contribution is 2.17. The van der Waals surface area contributed by atoms with Crippen LogP contribution in [0.5, 0.6) is 0 Å². The van der Waals surface area contributed by atoms with E-state index in [4.69, 9.17) is 0 Å². The molecule has 0 aromatic heterocycles. The molecule has 2 aromatic rings. The molecule has 0 heterocycles. The van der Waals surface area contributed by atoms with E-state index >= 15 is 0 Å². The zero-order valence-electron chi connectivity index (χ0n) is 11.9. The molecule has 2 rings (SSSR count). The zero-order valence-corrected chi connectivity index (χ0v) is 14.3. The molecule has 0 saturated heterocycles. The van der Waals surface area contributed by atoms with Crippen LogP contribution in [0.1, 0.15) is 11.1 Å². The summed E-state index contributed by atoms with van der Waals surface area (Å²) in [7, 11) is -1.84. The lowest BCUT2D eigenvalue weighted by Crippen LogP contribution is -2.26. The van der Waals surface area contributed by atoms with Gasteiger partial charge in [0.25, 0.3) is 0 Å². The van der Waals surface area contributed by atoms with E-state index in [9.17, 15) is 8.42 Å². The Bertz CT molecular complexity index is 669. The molecular formula is C16H18BrNO2S. The third-order valence-corrected chi connectivity index (χ3v) is 5.48. The summed E-state index contributed by atoms with van der Waals surface area (Å²) in [6, 6.07) is 16.7. The van der Waals surface area contributed by atoms with Crippen molar-refractivity contribution in [2.75, 3.05) is 12.4 Å². The number of rotatable bonds is 6. The van der Waals surface area contributed by atoms with Crippen molar-refractivity contribution in [3.05, 3.63) is 65.7 Å². The van der Waals surface area contributed by atoms with Gasteiger partial charge in [0, 0.05) is 18.9 Å². The lowest BCUT2D eigenvalue weighted by molar-refractivity contribution is 0.466. The Kier molecular flexibility index (Phi) is 5.56. The quantitative estimate of drug-likeness (QED) is 0.733. The van der Waals surface area contributed by atoms with Crippen LogP contribution in [0.15, 0.2) is 59.5 Å². The molecule has 0 aliphatic rings. The van der Waals surface area contributed by atoms with Gasteiger partial charge in [0.2, 0.25) is 10.0 Å². The van der Waals surface area contributed by atoms with Gasteiger partial charge in [0.15, 0.2) is 0 Å². The number of benzene rings is 2. The van der Waals surface area contributed by atoms with Crippen molar-refractivity contribution in [3.8, 4) is 0 Å². The number of halogens is 1. The van der Waals surface area contributed by atoms with Crippen molar-refractivity contribution >= 4 is 26.0 Å². The number of alkyl halides is 1. The Morgan fingerprint density at radius 3 is 2.14 bits per heavy atom. The third-order valence-electron chi connectivity index (χ3n) is 3.26. The standard InChI is InChI=1S/C16H18BrNO2S/c1-18(13-15-5-3-2-4-6-15)21(19,20)16-9-7-14(8-10-16)11-12-17/h2-10H,11-13H2,1H3. The highest BCUT2D eigenvalue weighted by atomic mass is 79.9. The summed E-state index contributed by atoms with van der Waals surface area (Å²) in [6.07, 6.45) is 0.889. The van der Waals surface area contributed by atoms with Crippen LogP contribution in [0.4, 0.5) is 0 Å². The fourth-order valence-electron chi connectivity index (χ4n) is 2.04. The van der Waals surface area contributed by atoms with Gasteiger partial charge in [0.05, 0.1) is 4.90 Å². The molecule has 0 aliphatic carbocycles. The first-order chi connectivity index (χ1) is 10.0. The lowest BCUT2D eigenvalue weighted by atomic mass is 10.2. The summed E-state index contributed by atoms with van der Waals surface area (Å²) in [5.41, 5.74) is 2.09. The van der Waals surface area contributed by atoms with Crippen LogP contribution in [0.3, 0.4) is 0 Å². The van der Waals surface area contributed by atoms with E-state index in [1.807, 2.05) is 42.5 Å².